The molecule has 1 aliphatic heterocycles. The summed E-state index contributed by atoms with van der Waals surface area (Å²) in [6.45, 7) is 3.19. The average molecular weight is 275 g/mol. The SMILES string of the molecule is CCC1CCCC1(O)C1(CN)COc2ccccc2C1. The standard InChI is InChI=1S/C17H25NO2/c1-2-14-7-5-9-17(14,19)16(11-18)10-13-6-3-4-8-15(13)20-12-16/h3-4,6,8,14,19H,2,5,7,9-12,18H2,1H3. The lowest BCUT2D eigenvalue weighted by molar-refractivity contribution is -0.131. The Hall–Kier alpha value is -1.06. The summed E-state index contributed by atoms with van der Waals surface area (Å²) in [7, 11) is 0. The van der Waals surface area contributed by atoms with Crippen LogP contribution < -0.4 is 10.5 Å². The highest BCUT2D eigenvalue weighted by Gasteiger charge is 2.57. The molecule has 0 amide bonds. The van der Waals surface area contributed by atoms with E-state index in [0.29, 0.717) is 19.1 Å². The van der Waals surface area contributed by atoms with Gasteiger partial charge in [0.1, 0.15) is 5.75 Å². The maximum absolute atomic E-state index is 11.4. The van der Waals surface area contributed by atoms with E-state index < -0.39 is 5.60 Å². The fraction of sp³-hybridized carbons (Fsp3) is 0.647. The van der Waals surface area contributed by atoms with Crippen LogP contribution in [0.5, 0.6) is 5.75 Å². The maximum Gasteiger partial charge on any atom is 0.122 e. The molecular formula is C17H25NO2. The molecule has 3 N–H and O–H groups in total. The number of ether oxygens (including phenoxy) is 1. The van der Waals surface area contributed by atoms with Crippen molar-refractivity contribution in [2.75, 3.05) is 13.2 Å². The number of aliphatic hydroxyl groups is 1. The van der Waals surface area contributed by atoms with Crippen molar-refractivity contribution in [3.63, 3.8) is 0 Å². The molecule has 3 heteroatoms. The van der Waals surface area contributed by atoms with E-state index in [4.69, 9.17) is 10.5 Å². The first-order valence-corrected chi connectivity index (χ1v) is 7.78. The zero-order valence-corrected chi connectivity index (χ0v) is 12.3. The molecule has 0 radical (unpaired) electrons. The van der Waals surface area contributed by atoms with E-state index >= 15 is 0 Å². The van der Waals surface area contributed by atoms with Crippen molar-refractivity contribution in [3.05, 3.63) is 29.8 Å². The molecule has 1 fully saturated rings. The van der Waals surface area contributed by atoms with Crippen LogP contribution in [0, 0.1) is 11.3 Å². The lowest BCUT2D eigenvalue weighted by Gasteiger charge is -2.50. The summed E-state index contributed by atoms with van der Waals surface area (Å²) in [5.41, 5.74) is 6.31. The lowest BCUT2D eigenvalue weighted by atomic mass is 9.62. The number of rotatable bonds is 3. The summed E-state index contributed by atoms with van der Waals surface area (Å²) >= 11 is 0. The second-order valence-electron chi connectivity index (χ2n) is 6.48. The first-order chi connectivity index (χ1) is 9.65. The van der Waals surface area contributed by atoms with E-state index in [9.17, 15) is 5.11 Å². The smallest absolute Gasteiger partial charge is 0.122 e. The van der Waals surface area contributed by atoms with Crippen molar-refractivity contribution in [1.29, 1.82) is 0 Å². The van der Waals surface area contributed by atoms with E-state index in [1.165, 1.54) is 5.56 Å². The third-order valence-electron chi connectivity index (χ3n) is 5.59. The number of benzene rings is 1. The maximum atomic E-state index is 11.4. The monoisotopic (exact) mass is 275 g/mol. The van der Waals surface area contributed by atoms with Crippen LogP contribution in [-0.4, -0.2) is 23.9 Å². The van der Waals surface area contributed by atoms with Crippen molar-refractivity contribution >= 4 is 0 Å². The molecule has 1 aliphatic carbocycles. The van der Waals surface area contributed by atoms with Gasteiger partial charge in [0.05, 0.1) is 12.2 Å². The summed E-state index contributed by atoms with van der Waals surface area (Å²) < 4.78 is 5.96. The molecule has 3 atom stereocenters. The molecule has 110 valence electrons. The number of hydrogen-bond donors (Lipinski definition) is 2. The molecule has 0 saturated heterocycles. The second kappa shape index (κ2) is 5.05. The number of para-hydroxylation sites is 1. The largest absolute Gasteiger partial charge is 0.493 e. The highest BCUT2D eigenvalue weighted by molar-refractivity contribution is 5.37. The molecule has 0 bridgehead atoms. The predicted octanol–water partition coefficient (Wildman–Crippen LogP) is 2.51. The van der Waals surface area contributed by atoms with Gasteiger partial charge in [0, 0.05) is 12.0 Å². The van der Waals surface area contributed by atoms with Crippen LogP contribution in [0.2, 0.25) is 0 Å². The van der Waals surface area contributed by atoms with E-state index in [1.807, 2.05) is 18.2 Å². The van der Waals surface area contributed by atoms with E-state index in [2.05, 4.69) is 13.0 Å². The molecule has 3 rings (SSSR count). The Kier molecular flexibility index (Phi) is 3.51. The summed E-state index contributed by atoms with van der Waals surface area (Å²) in [5.74, 6) is 1.30. The van der Waals surface area contributed by atoms with Crippen LogP contribution in [-0.2, 0) is 6.42 Å². The number of nitrogens with two attached hydrogens (primary N) is 1. The molecule has 1 heterocycles. The molecule has 3 unspecified atom stereocenters. The highest BCUT2D eigenvalue weighted by atomic mass is 16.5. The fourth-order valence-corrected chi connectivity index (χ4v) is 4.31. The van der Waals surface area contributed by atoms with Crippen LogP contribution in [0.3, 0.4) is 0 Å². The first-order valence-electron chi connectivity index (χ1n) is 7.78. The van der Waals surface area contributed by atoms with Gasteiger partial charge in [-0.05, 0) is 36.8 Å². The zero-order chi connectivity index (χ0) is 14.2. The Balaban J connectivity index is 1.97. The molecule has 20 heavy (non-hydrogen) atoms. The van der Waals surface area contributed by atoms with Crippen molar-refractivity contribution in [2.45, 2.75) is 44.6 Å². The van der Waals surface area contributed by atoms with Gasteiger partial charge in [0.2, 0.25) is 0 Å². The molecule has 0 aromatic heterocycles. The summed E-state index contributed by atoms with van der Waals surface area (Å²) in [4.78, 5) is 0. The van der Waals surface area contributed by atoms with Gasteiger partial charge in [-0.15, -0.1) is 0 Å². The van der Waals surface area contributed by atoms with Gasteiger partial charge < -0.3 is 15.6 Å². The molecule has 3 nitrogen and oxygen atoms in total. The number of fused-ring (bicyclic) bond motifs is 1. The molecular weight excluding hydrogens is 250 g/mol. The van der Waals surface area contributed by atoms with Crippen LogP contribution in [0.15, 0.2) is 24.3 Å². The number of hydrogen-bond acceptors (Lipinski definition) is 3. The highest BCUT2D eigenvalue weighted by Crippen LogP contribution is 2.52. The fourth-order valence-electron chi connectivity index (χ4n) is 4.31. The van der Waals surface area contributed by atoms with Gasteiger partial charge in [0.25, 0.3) is 0 Å². The quantitative estimate of drug-likeness (QED) is 0.891. The van der Waals surface area contributed by atoms with Crippen LogP contribution in [0.25, 0.3) is 0 Å². The Morgan fingerprint density at radius 3 is 2.95 bits per heavy atom. The summed E-state index contributed by atoms with van der Waals surface area (Å²) in [6, 6.07) is 8.13. The minimum absolute atomic E-state index is 0.335. The van der Waals surface area contributed by atoms with Crippen molar-refractivity contribution < 1.29 is 9.84 Å². The molecule has 0 spiro atoms. The van der Waals surface area contributed by atoms with Crippen LogP contribution in [0.1, 0.15) is 38.2 Å². The third kappa shape index (κ3) is 1.87. The van der Waals surface area contributed by atoms with Gasteiger partial charge >= 0.3 is 0 Å². The van der Waals surface area contributed by atoms with E-state index in [-0.39, 0.29) is 5.41 Å². The molecule has 2 aliphatic rings. The predicted molar refractivity (Wildman–Crippen MR) is 79.7 cm³/mol. The van der Waals surface area contributed by atoms with Gasteiger partial charge in [0.15, 0.2) is 0 Å². The Bertz CT molecular complexity index is 490. The van der Waals surface area contributed by atoms with Crippen molar-refractivity contribution in [3.8, 4) is 5.75 Å². The van der Waals surface area contributed by atoms with Gasteiger partial charge in [-0.2, -0.15) is 0 Å². The van der Waals surface area contributed by atoms with Gasteiger partial charge in [-0.3, -0.25) is 0 Å². The van der Waals surface area contributed by atoms with E-state index in [0.717, 1.165) is 37.9 Å². The molecule has 1 aromatic carbocycles. The summed E-state index contributed by atoms with van der Waals surface area (Å²) in [5, 5.41) is 11.4. The van der Waals surface area contributed by atoms with Gasteiger partial charge in [-0.25, -0.2) is 0 Å². The topological polar surface area (TPSA) is 55.5 Å². The summed E-state index contributed by atoms with van der Waals surface area (Å²) in [6.07, 6.45) is 4.90. The van der Waals surface area contributed by atoms with E-state index in [1.54, 1.807) is 0 Å². The Morgan fingerprint density at radius 1 is 1.40 bits per heavy atom. The van der Waals surface area contributed by atoms with Crippen LogP contribution in [0.4, 0.5) is 0 Å². The Labute approximate surface area is 121 Å². The Morgan fingerprint density at radius 2 is 2.20 bits per heavy atom. The first kappa shape index (κ1) is 13.9. The normalized spacial score (nSPS) is 36.5. The van der Waals surface area contributed by atoms with Crippen molar-refractivity contribution in [1.82, 2.24) is 0 Å². The minimum atomic E-state index is -0.677. The molecule has 1 aromatic rings. The van der Waals surface area contributed by atoms with Gasteiger partial charge in [-0.1, -0.05) is 38.0 Å². The average Bonchev–Trinajstić information content (AvgIpc) is 2.89. The molecule has 1 saturated carbocycles. The lowest BCUT2D eigenvalue weighted by Crippen LogP contribution is -2.60. The third-order valence-corrected chi connectivity index (χ3v) is 5.59. The second-order valence-corrected chi connectivity index (χ2v) is 6.48. The van der Waals surface area contributed by atoms with Crippen LogP contribution >= 0.6 is 0 Å². The zero-order valence-electron chi connectivity index (χ0n) is 12.3. The minimum Gasteiger partial charge on any atom is -0.493 e. The van der Waals surface area contributed by atoms with Crippen molar-refractivity contribution in [2.24, 2.45) is 17.1 Å².